The molecule has 1 heterocycles. The second kappa shape index (κ2) is 5.41. The molecule has 2 heteroatoms. The Kier molecular flexibility index (Phi) is 3.84. The molecule has 0 N–H and O–H groups in total. The molecule has 3 rings (SSSR count). The molecular weight excluding hydrogens is 381 g/mol. The van der Waals surface area contributed by atoms with E-state index in [1.807, 2.05) is 0 Å². The highest BCUT2D eigenvalue weighted by atomic mass is 127. The molecule has 0 aliphatic carbocycles. The normalized spacial score (nSPS) is 16.0. The van der Waals surface area contributed by atoms with Gasteiger partial charge in [0.1, 0.15) is 0 Å². The van der Waals surface area contributed by atoms with Crippen molar-refractivity contribution in [1.82, 2.24) is 4.90 Å². The minimum Gasteiger partial charge on any atom is -0.358 e. The van der Waals surface area contributed by atoms with Gasteiger partial charge in [0.25, 0.3) is 0 Å². The van der Waals surface area contributed by atoms with E-state index >= 15 is 0 Å². The molecule has 0 saturated carbocycles. The Labute approximate surface area is 147 Å². The molecule has 2 aromatic rings. The van der Waals surface area contributed by atoms with Gasteiger partial charge >= 0.3 is 0 Å². The fourth-order valence-corrected chi connectivity index (χ4v) is 4.43. The van der Waals surface area contributed by atoms with Crippen LogP contribution in [0, 0.1) is 17.4 Å². The lowest BCUT2D eigenvalue weighted by Crippen LogP contribution is -2.34. The smallest absolute Gasteiger partial charge is 0.0610 e. The van der Waals surface area contributed by atoms with E-state index in [2.05, 4.69) is 98.2 Å². The van der Waals surface area contributed by atoms with Crippen molar-refractivity contribution in [2.24, 2.45) is 0 Å². The average molecular weight is 403 g/mol. The number of benzene rings is 2. The summed E-state index contributed by atoms with van der Waals surface area (Å²) in [7, 11) is 0. The molecule has 0 atom stereocenters. The van der Waals surface area contributed by atoms with E-state index in [1.165, 1.54) is 31.4 Å². The summed E-state index contributed by atoms with van der Waals surface area (Å²) in [6.45, 7) is 14.4. The predicted octanol–water partition coefficient (Wildman–Crippen LogP) is 5.63. The first-order valence-corrected chi connectivity index (χ1v) is 8.73. The van der Waals surface area contributed by atoms with Gasteiger partial charge in [0, 0.05) is 21.4 Å². The van der Waals surface area contributed by atoms with Crippen LogP contribution in [-0.2, 0) is 12.1 Å². The summed E-state index contributed by atoms with van der Waals surface area (Å²) < 4.78 is 1.33. The Balaban J connectivity index is 2.11. The first-order chi connectivity index (χ1) is 10.3. The van der Waals surface area contributed by atoms with Crippen molar-refractivity contribution in [2.75, 3.05) is 0 Å². The minimum absolute atomic E-state index is 0.0263. The van der Waals surface area contributed by atoms with Crippen LogP contribution in [0.4, 0.5) is 0 Å². The van der Waals surface area contributed by atoms with Crippen LogP contribution in [0.25, 0.3) is 5.70 Å². The summed E-state index contributed by atoms with van der Waals surface area (Å²) >= 11 is 2.44. The maximum Gasteiger partial charge on any atom is 0.0610 e. The molecule has 0 spiro atoms. The summed E-state index contributed by atoms with van der Waals surface area (Å²) in [6, 6.07) is 13.0. The van der Waals surface area contributed by atoms with E-state index in [-0.39, 0.29) is 5.54 Å². The number of nitrogens with zero attached hydrogens (tertiary/aromatic N) is 1. The second-order valence-corrected chi connectivity index (χ2v) is 7.79. The summed E-state index contributed by atoms with van der Waals surface area (Å²) in [5, 5.41) is 0. The molecular formula is C20H22IN. The Morgan fingerprint density at radius 1 is 1.14 bits per heavy atom. The number of rotatable bonds is 2. The minimum atomic E-state index is -0.0263. The second-order valence-electron chi connectivity index (χ2n) is 6.63. The van der Waals surface area contributed by atoms with Crippen molar-refractivity contribution < 1.29 is 0 Å². The zero-order valence-corrected chi connectivity index (χ0v) is 15.9. The van der Waals surface area contributed by atoms with Gasteiger partial charge in [-0.2, -0.15) is 0 Å². The van der Waals surface area contributed by atoms with Crippen molar-refractivity contribution in [3.8, 4) is 0 Å². The highest BCUT2D eigenvalue weighted by Crippen LogP contribution is 2.49. The summed E-state index contributed by atoms with van der Waals surface area (Å²) in [6.07, 6.45) is 0. The number of halogens is 1. The summed E-state index contributed by atoms with van der Waals surface area (Å²) in [5.74, 6) is 0. The van der Waals surface area contributed by atoms with Crippen LogP contribution < -0.4 is 0 Å². The predicted molar refractivity (Wildman–Crippen MR) is 103 cm³/mol. The molecule has 114 valence electrons. The lowest BCUT2D eigenvalue weighted by Gasteiger charge is -2.35. The van der Waals surface area contributed by atoms with Gasteiger partial charge in [-0.05, 0) is 78.6 Å². The van der Waals surface area contributed by atoms with Gasteiger partial charge in [-0.3, -0.25) is 0 Å². The van der Waals surface area contributed by atoms with Crippen LogP contribution in [-0.4, -0.2) is 4.90 Å². The van der Waals surface area contributed by atoms with E-state index in [0.717, 1.165) is 12.2 Å². The first kappa shape index (κ1) is 15.6. The SMILES string of the molecule is C=C1c2c(C)c(I)cc(C)c2C(C)(C)N1Cc1ccccc1. The Morgan fingerprint density at radius 2 is 1.77 bits per heavy atom. The van der Waals surface area contributed by atoms with E-state index in [1.54, 1.807) is 0 Å². The molecule has 1 aliphatic rings. The molecule has 2 aromatic carbocycles. The number of hydrogen-bond donors (Lipinski definition) is 0. The van der Waals surface area contributed by atoms with Crippen LogP contribution in [0.3, 0.4) is 0 Å². The monoisotopic (exact) mass is 403 g/mol. The molecule has 0 unspecified atom stereocenters. The highest BCUT2D eigenvalue weighted by molar-refractivity contribution is 14.1. The molecule has 22 heavy (non-hydrogen) atoms. The molecule has 1 aliphatic heterocycles. The lowest BCUT2D eigenvalue weighted by molar-refractivity contribution is 0.210. The molecule has 0 radical (unpaired) electrons. The van der Waals surface area contributed by atoms with Gasteiger partial charge in [-0.25, -0.2) is 0 Å². The summed E-state index contributed by atoms with van der Waals surface area (Å²) in [4.78, 5) is 2.45. The van der Waals surface area contributed by atoms with Crippen molar-refractivity contribution in [3.63, 3.8) is 0 Å². The molecule has 0 saturated heterocycles. The quantitative estimate of drug-likeness (QED) is 0.588. The average Bonchev–Trinajstić information content (AvgIpc) is 2.67. The Morgan fingerprint density at radius 3 is 2.41 bits per heavy atom. The van der Waals surface area contributed by atoms with Crippen LogP contribution in [0.15, 0.2) is 43.0 Å². The van der Waals surface area contributed by atoms with Crippen molar-refractivity contribution >= 4 is 28.3 Å². The standard InChI is InChI=1S/C20H22IN/c1-13-11-17(21)14(2)18-15(3)22(20(4,5)19(13)18)12-16-9-7-6-8-10-16/h6-11H,3,12H2,1-2,4-5H3. The van der Waals surface area contributed by atoms with Gasteiger partial charge in [-0.1, -0.05) is 36.9 Å². The van der Waals surface area contributed by atoms with Crippen LogP contribution in [0.5, 0.6) is 0 Å². The topological polar surface area (TPSA) is 3.24 Å². The molecule has 0 bridgehead atoms. The zero-order chi connectivity index (χ0) is 16.1. The van der Waals surface area contributed by atoms with Crippen molar-refractivity contribution in [3.05, 3.63) is 74.4 Å². The van der Waals surface area contributed by atoms with Crippen molar-refractivity contribution in [1.29, 1.82) is 0 Å². The van der Waals surface area contributed by atoms with Gasteiger partial charge in [0.05, 0.1) is 5.54 Å². The third-order valence-electron chi connectivity index (χ3n) is 4.81. The highest BCUT2D eigenvalue weighted by Gasteiger charge is 2.41. The largest absolute Gasteiger partial charge is 0.358 e. The molecule has 0 fully saturated rings. The maximum atomic E-state index is 4.43. The van der Waals surface area contributed by atoms with Gasteiger partial charge in [0.2, 0.25) is 0 Å². The van der Waals surface area contributed by atoms with Crippen LogP contribution in [0.1, 0.15) is 41.7 Å². The number of aryl methyl sites for hydroxylation is 1. The lowest BCUT2D eigenvalue weighted by atomic mass is 9.87. The van der Waals surface area contributed by atoms with Gasteiger partial charge < -0.3 is 4.90 Å². The third-order valence-corrected chi connectivity index (χ3v) is 5.93. The molecule has 0 aromatic heterocycles. The Bertz CT molecular complexity index is 744. The Hall–Kier alpha value is -1.29. The zero-order valence-electron chi connectivity index (χ0n) is 13.7. The number of fused-ring (bicyclic) bond motifs is 1. The van der Waals surface area contributed by atoms with Gasteiger partial charge in [-0.15, -0.1) is 0 Å². The van der Waals surface area contributed by atoms with E-state index < -0.39 is 0 Å². The molecule has 1 nitrogen and oxygen atoms in total. The van der Waals surface area contributed by atoms with Crippen LogP contribution in [0.2, 0.25) is 0 Å². The van der Waals surface area contributed by atoms with Crippen molar-refractivity contribution in [2.45, 2.75) is 39.8 Å². The third kappa shape index (κ3) is 2.28. The van der Waals surface area contributed by atoms with Crippen LogP contribution >= 0.6 is 22.6 Å². The van der Waals surface area contributed by atoms with E-state index in [4.69, 9.17) is 0 Å². The fourth-order valence-electron chi connectivity index (χ4n) is 3.69. The summed E-state index contributed by atoms with van der Waals surface area (Å²) in [5.41, 5.74) is 7.97. The van der Waals surface area contributed by atoms with E-state index in [9.17, 15) is 0 Å². The fraction of sp³-hybridized carbons (Fsp3) is 0.300. The van der Waals surface area contributed by atoms with E-state index in [0.29, 0.717) is 0 Å². The molecule has 0 amide bonds. The maximum absolute atomic E-state index is 4.43. The van der Waals surface area contributed by atoms with Gasteiger partial charge in [0.15, 0.2) is 0 Å². The first-order valence-electron chi connectivity index (χ1n) is 7.65. The number of hydrogen-bond acceptors (Lipinski definition) is 1.